The van der Waals surface area contributed by atoms with Crippen molar-refractivity contribution >= 4 is 34.2 Å². The van der Waals surface area contributed by atoms with Crippen LogP contribution in [-0.4, -0.2) is 26.2 Å². The van der Waals surface area contributed by atoms with Crippen molar-refractivity contribution in [3.8, 4) is 5.75 Å². The summed E-state index contributed by atoms with van der Waals surface area (Å²) in [7, 11) is 1.65. The van der Waals surface area contributed by atoms with Crippen LogP contribution in [0.15, 0.2) is 52.9 Å². The molecule has 0 aliphatic carbocycles. The maximum absolute atomic E-state index is 12.5. The lowest BCUT2D eigenvalue weighted by Gasteiger charge is -2.11. The minimum absolute atomic E-state index is 0.214. The van der Waals surface area contributed by atoms with Crippen molar-refractivity contribution in [2.45, 2.75) is 6.42 Å². The van der Waals surface area contributed by atoms with E-state index < -0.39 is 0 Å². The summed E-state index contributed by atoms with van der Waals surface area (Å²) in [4.78, 5) is 12.5. The molecule has 0 fully saturated rings. The van der Waals surface area contributed by atoms with Crippen molar-refractivity contribution in [1.29, 1.82) is 0 Å². The Labute approximate surface area is 150 Å². The summed E-state index contributed by atoms with van der Waals surface area (Å²) in [6, 6.07) is 14.1. The number of benzene rings is 2. The van der Waals surface area contributed by atoms with Gasteiger partial charge in [0.05, 0.1) is 12.3 Å². The zero-order valence-corrected chi connectivity index (χ0v) is 14.5. The van der Waals surface area contributed by atoms with Gasteiger partial charge in [0.25, 0.3) is 5.91 Å². The predicted molar refractivity (Wildman–Crippen MR) is 97.6 cm³/mol. The number of ether oxygens (including phenoxy) is 2. The Bertz CT molecular complexity index is 875. The van der Waals surface area contributed by atoms with Gasteiger partial charge in [-0.2, -0.15) is 0 Å². The fourth-order valence-corrected chi connectivity index (χ4v) is 2.57. The molecule has 130 valence electrons. The van der Waals surface area contributed by atoms with Crippen molar-refractivity contribution in [2.24, 2.45) is 0 Å². The highest BCUT2D eigenvalue weighted by Crippen LogP contribution is 2.27. The van der Waals surface area contributed by atoms with Gasteiger partial charge < -0.3 is 19.2 Å². The zero-order chi connectivity index (χ0) is 17.6. The number of anilines is 1. The van der Waals surface area contributed by atoms with Gasteiger partial charge in [-0.3, -0.25) is 4.79 Å². The molecule has 1 amide bonds. The van der Waals surface area contributed by atoms with Crippen LogP contribution in [0.4, 0.5) is 5.69 Å². The second-order valence-corrected chi connectivity index (χ2v) is 5.87. The number of carbonyl (C=O) groups excluding carboxylic acids is 1. The number of para-hydroxylation sites is 2. The van der Waals surface area contributed by atoms with Crippen LogP contribution in [0.1, 0.15) is 17.0 Å². The minimum atomic E-state index is -0.347. The van der Waals surface area contributed by atoms with E-state index in [4.69, 9.17) is 25.5 Å². The molecule has 1 aromatic heterocycles. The van der Waals surface area contributed by atoms with Crippen molar-refractivity contribution in [3.63, 3.8) is 0 Å². The van der Waals surface area contributed by atoms with Crippen LogP contribution in [0.5, 0.6) is 5.75 Å². The zero-order valence-electron chi connectivity index (χ0n) is 13.8. The standard InChI is InChI=1S/C19H18ClNO4/c1-23-9-4-10-24-17-6-3-2-5-15(17)21-19(22)18-12-13-11-14(20)7-8-16(13)25-18/h2-3,5-8,11-12H,4,9-10H2,1H3,(H,21,22). The molecule has 0 atom stereocenters. The third-order valence-electron chi connectivity index (χ3n) is 3.59. The van der Waals surface area contributed by atoms with E-state index in [1.807, 2.05) is 12.1 Å². The number of halogens is 1. The maximum Gasteiger partial charge on any atom is 0.291 e. The summed E-state index contributed by atoms with van der Waals surface area (Å²) in [5.41, 5.74) is 1.20. The molecule has 0 unspecified atom stereocenters. The molecule has 3 aromatic rings. The number of methoxy groups -OCH3 is 1. The Morgan fingerprint density at radius 1 is 1.16 bits per heavy atom. The summed E-state index contributed by atoms with van der Waals surface area (Å²) in [6.45, 7) is 1.12. The molecule has 6 heteroatoms. The number of amides is 1. The largest absolute Gasteiger partial charge is 0.491 e. The first-order valence-corrected chi connectivity index (χ1v) is 8.26. The first-order valence-electron chi connectivity index (χ1n) is 7.88. The van der Waals surface area contributed by atoms with Gasteiger partial charge >= 0.3 is 0 Å². The van der Waals surface area contributed by atoms with Crippen LogP contribution >= 0.6 is 11.6 Å². The Morgan fingerprint density at radius 3 is 2.84 bits per heavy atom. The molecule has 1 heterocycles. The van der Waals surface area contributed by atoms with E-state index in [0.29, 0.717) is 35.3 Å². The van der Waals surface area contributed by atoms with Crippen molar-refractivity contribution in [3.05, 3.63) is 59.3 Å². The summed E-state index contributed by atoms with van der Waals surface area (Å²) < 4.78 is 16.3. The average Bonchev–Trinajstić information content (AvgIpc) is 3.03. The summed E-state index contributed by atoms with van der Waals surface area (Å²) >= 11 is 5.96. The number of hydrogen-bond donors (Lipinski definition) is 1. The molecule has 0 bridgehead atoms. The van der Waals surface area contributed by atoms with Crippen molar-refractivity contribution in [2.75, 3.05) is 25.6 Å². The van der Waals surface area contributed by atoms with Crippen LogP contribution < -0.4 is 10.1 Å². The van der Waals surface area contributed by atoms with Gasteiger partial charge in [0.15, 0.2) is 5.76 Å². The van der Waals surface area contributed by atoms with E-state index in [9.17, 15) is 4.79 Å². The molecule has 5 nitrogen and oxygen atoms in total. The molecular weight excluding hydrogens is 342 g/mol. The van der Waals surface area contributed by atoms with Gasteiger partial charge in [0.2, 0.25) is 0 Å². The number of rotatable bonds is 7. The van der Waals surface area contributed by atoms with E-state index >= 15 is 0 Å². The van der Waals surface area contributed by atoms with Crippen LogP contribution in [0, 0.1) is 0 Å². The smallest absolute Gasteiger partial charge is 0.291 e. The predicted octanol–water partition coefficient (Wildman–Crippen LogP) is 4.75. The normalized spacial score (nSPS) is 10.8. The molecule has 0 saturated heterocycles. The third-order valence-corrected chi connectivity index (χ3v) is 3.82. The van der Waals surface area contributed by atoms with Gasteiger partial charge in [-0.25, -0.2) is 0 Å². The monoisotopic (exact) mass is 359 g/mol. The molecule has 0 aliphatic heterocycles. The summed E-state index contributed by atoms with van der Waals surface area (Å²) in [5.74, 6) is 0.470. The maximum atomic E-state index is 12.5. The molecule has 0 aliphatic rings. The first-order chi connectivity index (χ1) is 12.2. The number of hydrogen-bond acceptors (Lipinski definition) is 4. The summed E-state index contributed by atoms with van der Waals surface area (Å²) in [6.07, 6.45) is 0.767. The molecule has 0 radical (unpaired) electrons. The Morgan fingerprint density at radius 2 is 2.00 bits per heavy atom. The van der Waals surface area contributed by atoms with Gasteiger partial charge in [0.1, 0.15) is 11.3 Å². The summed E-state index contributed by atoms with van der Waals surface area (Å²) in [5, 5.41) is 4.19. The molecular formula is C19H18ClNO4. The SMILES string of the molecule is COCCCOc1ccccc1NC(=O)c1cc2cc(Cl)ccc2o1. The Hall–Kier alpha value is -2.50. The number of furan rings is 1. The lowest BCUT2D eigenvalue weighted by Crippen LogP contribution is -2.12. The highest BCUT2D eigenvalue weighted by molar-refractivity contribution is 6.31. The molecule has 25 heavy (non-hydrogen) atoms. The van der Waals surface area contributed by atoms with Gasteiger partial charge in [0, 0.05) is 30.5 Å². The Balaban J connectivity index is 1.73. The first kappa shape index (κ1) is 17.3. The van der Waals surface area contributed by atoms with E-state index in [0.717, 1.165) is 11.8 Å². The fourth-order valence-electron chi connectivity index (χ4n) is 2.39. The average molecular weight is 360 g/mol. The van der Waals surface area contributed by atoms with E-state index in [2.05, 4.69) is 5.32 Å². The van der Waals surface area contributed by atoms with Crippen molar-refractivity contribution < 1.29 is 18.7 Å². The number of fused-ring (bicyclic) bond motifs is 1. The van der Waals surface area contributed by atoms with Crippen LogP contribution in [0.3, 0.4) is 0 Å². The van der Waals surface area contributed by atoms with Crippen LogP contribution in [-0.2, 0) is 4.74 Å². The van der Waals surface area contributed by atoms with E-state index in [1.54, 1.807) is 43.5 Å². The molecule has 1 N–H and O–H groups in total. The van der Waals surface area contributed by atoms with Crippen LogP contribution in [0.25, 0.3) is 11.0 Å². The Kier molecular flexibility index (Phi) is 5.58. The highest BCUT2D eigenvalue weighted by Gasteiger charge is 2.14. The third kappa shape index (κ3) is 4.32. The van der Waals surface area contributed by atoms with Gasteiger partial charge in [-0.05, 0) is 36.4 Å². The van der Waals surface area contributed by atoms with E-state index in [-0.39, 0.29) is 11.7 Å². The number of carbonyl (C=O) groups is 1. The quantitative estimate of drug-likeness (QED) is 0.618. The van der Waals surface area contributed by atoms with Gasteiger partial charge in [-0.15, -0.1) is 0 Å². The van der Waals surface area contributed by atoms with E-state index in [1.165, 1.54) is 0 Å². The molecule has 2 aromatic carbocycles. The molecule has 0 saturated carbocycles. The lowest BCUT2D eigenvalue weighted by molar-refractivity contribution is 0.0998. The fraction of sp³-hybridized carbons (Fsp3) is 0.211. The second kappa shape index (κ2) is 8.05. The molecule has 0 spiro atoms. The topological polar surface area (TPSA) is 60.7 Å². The molecule has 3 rings (SSSR count). The highest BCUT2D eigenvalue weighted by atomic mass is 35.5. The lowest BCUT2D eigenvalue weighted by atomic mass is 10.2. The van der Waals surface area contributed by atoms with Crippen LogP contribution in [0.2, 0.25) is 5.02 Å². The minimum Gasteiger partial charge on any atom is -0.491 e. The second-order valence-electron chi connectivity index (χ2n) is 5.44. The van der Waals surface area contributed by atoms with Gasteiger partial charge in [-0.1, -0.05) is 23.7 Å². The van der Waals surface area contributed by atoms with Crippen molar-refractivity contribution in [1.82, 2.24) is 0 Å². The number of nitrogens with one attached hydrogen (secondary N) is 1.